The number of ether oxygens (including phenoxy) is 4. The average molecular weight is 1480 g/mol. The molecule has 19 heteroatoms. The molecule has 0 aliphatic rings. The number of hydrogen-bond donors (Lipinski definition) is 3. The zero-order valence-electron chi connectivity index (χ0n) is 65.9. The molecule has 0 bridgehead atoms. The molecule has 0 amide bonds. The second-order valence-electron chi connectivity index (χ2n) is 29.6. The van der Waals surface area contributed by atoms with E-state index in [-0.39, 0.29) is 25.7 Å². The van der Waals surface area contributed by atoms with E-state index in [1.807, 2.05) is 0 Å². The van der Waals surface area contributed by atoms with Gasteiger partial charge in [0.25, 0.3) is 0 Å². The van der Waals surface area contributed by atoms with Crippen LogP contribution in [0.2, 0.25) is 0 Å². The van der Waals surface area contributed by atoms with Crippen LogP contribution in [0.1, 0.15) is 402 Å². The molecule has 5 unspecified atom stereocenters. The molecule has 0 fully saturated rings. The van der Waals surface area contributed by atoms with Crippen molar-refractivity contribution in [3.63, 3.8) is 0 Å². The van der Waals surface area contributed by atoms with E-state index in [9.17, 15) is 43.2 Å². The van der Waals surface area contributed by atoms with Gasteiger partial charge >= 0.3 is 39.5 Å². The van der Waals surface area contributed by atoms with Crippen molar-refractivity contribution in [2.45, 2.75) is 420 Å². The third-order valence-corrected chi connectivity index (χ3v) is 21.5. The van der Waals surface area contributed by atoms with Crippen molar-refractivity contribution in [2.75, 3.05) is 39.6 Å². The van der Waals surface area contributed by atoms with Crippen LogP contribution in [0.25, 0.3) is 0 Å². The summed E-state index contributed by atoms with van der Waals surface area (Å²) in [7, 11) is -9.93. The molecule has 0 saturated carbocycles. The second-order valence-corrected chi connectivity index (χ2v) is 32.5. The van der Waals surface area contributed by atoms with E-state index in [0.717, 1.165) is 127 Å². The Morgan fingerprint density at radius 1 is 0.317 bits per heavy atom. The van der Waals surface area contributed by atoms with Crippen LogP contribution in [-0.4, -0.2) is 96.7 Å². The molecule has 0 heterocycles. The maximum Gasteiger partial charge on any atom is 0.472 e. The van der Waals surface area contributed by atoms with Gasteiger partial charge in [0.05, 0.1) is 26.4 Å². The van der Waals surface area contributed by atoms with Crippen molar-refractivity contribution in [1.82, 2.24) is 0 Å². The van der Waals surface area contributed by atoms with Crippen molar-refractivity contribution in [3.05, 3.63) is 24.3 Å². The van der Waals surface area contributed by atoms with Gasteiger partial charge in [0.1, 0.15) is 19.3 Å². The monoisotopic (exact) mass is 1480 g/mol. The molecule has 8 atom stereocenters. The quantitative estimate of drug-likeness (QED) is 0.0169. The Bertz CT molecular complexity index is 2060. The molecule has 596 valence electrons. The molecular weight excluding hydrogens is 1320 g/mol. The number of esters is 4. The van der Waals surface area contributed by atoms with Crippen molar-refractivity contribution in [2.24, 2.45) is 17.8 Å². The minimum absolute atomic E-state index is 0.0840. The summed E-state index contributed by atoms with van der Waals surface area (Å²) < 4.78 is 68.7. The Labute approximate surface area is 618 Å². The minimum atomic E-state index is -4.97. The summed E-state index contributed by atoms with van der Waals surface area (Å²) in [5.74, 6) is 0.263. The topological polar surface area (TPSA) is 237 Å². The summed E-state index contributed by atoms with van der Waals surface area (Å²) in [5, 5.41) is 10.6. The highest BCUT2D eigenvalue weighted by atomic mass is 31.2. The molecule has 0 aromatic carbocycles. The summed E-state index contributed by atoms with van der Waals surface area (Å²) >= 11 is 0. The summed E-state index contributed by atoms with van der Waals surface area (Å²) in [6.07, 6.45) is 63.2. The SMILES string of the molecule is CCCCCC/C=C\C=C/CCCCCCCC(=O)O[C@H](COC(=O)CCCCCCCCC(C)CC)COP(=O)(O)OC[C@H](O)COP(=O)(O)OC[C@@H](COC(=O)CCCCCCCCCCCCC(C)CC)OC(=O)CCCCCCCCCCCCCCCCCCCCC(C)CC. The van der Waals surface area contributed by atoms with Crippen LogP contribution < -0.4 is 0 Å². The first-order valence-corrected chi connectivity index (χ1v) is 44.8. The fourth-order valence-electron chi connectivity index (χ4n) is 12.0. The van der Waals surface area contributed by atoms with E-state index < -0.39 is 97.5 Å². The lowest BCUT2D eigenvalue weighted by atomic mass is 9.99. The third-order valence-electron chi connectivity index (χ3n) is 19.6. The molecule has 0 aliphatic carbocycles. The molecular formula is C82H156O17P2. The fraction of sp³-hybridized carbons (Fsp3) is 0.902. The number of carbonyl (C=O) groups excluding carboxylic acids is 4. The smallest absolute Gasteiger partial charge is 0.462 e. The Morgan fingerprint density at radius 3 is 0.832 bits per heavy atom. The van der Waals surface area contributed by atoms with Gasteiger partial charge in [0.2, 0.25) is 0 Å². The largest absolute Gasteiger partial charge is 0.472 e. The van der Waals surface area contributed by atoms with Gasteiger partial charge in [-0.3, -0.25) is 37.3 Å². The van der Waals surface area contributed by atoms with Crippen molar-refractivity contribution in [3.8, 4) is 0 Å². The molecule has 0 aromatic rings. The normalized spacial score (nSPS) is 14.9. The average Bonchev–Trinajstić information content (AvgIpc) is 0.937. The van der Waals surface area contributed by atoms with Crippen molar-refractivity contribution >= 4 is 39.5 Å². The Kier molecular flexibility index (Phi) is 70.0. The number of aliphatic hydroxyl groups excluding tert-OH is 1. The summed E-state index contributed by atoms with van der Waals surface area (Å²) in [4.78, 5) is 73.0. The van der Waals surface area contributed by atoms with Gasteiger partial charge in [-0.05, 0) is 69.1 Å². The van der Waals surface area contributed by atoms with Crippen molar-refractivity contribution in [1.29, 1.82) is 0 Å². The van der Waals surface area contributed by atoms with Crippen molar-refractivity contribution < 1.29 is 80.2 Å². The number of allylic oxidation sites excluding steroid dienone is 4. The first kappa shape index (κ1) is 98.5. The summed E-state index contributed by atoms with van der Waals surface area (Å²) in [5.41, 5.74) is 0. The summed E-state index contributed by atoms with van der Waals surface area (Å²) in [6, 6.07) is 0. The minimum Gasteiger partial charge on any atom is -0.462 e. The first-order chi connectivity index (χ1) is 48.8. The molecule has 0 rings (SSSR count). The van der Waals surface area contributed by atoms with Crippen LogP contribution >= 0.6 is 15.6 Å². The van der Waals surface area contributed by atoms with Gasteiger partial charge in [-0.25, -0.2) is 9.13 Å². The molecule has 101 heavy (non-hydrogen) atoms. The third kappa shape index (κ3) is 71.6. The van der Waals surface area contributed by atoms with Gasteiger partial charge < -0.3 is 33.8 Å². The predicted molar refractivity (Wildman–Crippen MR) is 414 cm³/mol. The number of phosphoric ester groups is 2. The maximum atomic E-state index is 13.1. The van der Waals surface area contributed by atoms with Crippen LogP contribution in [0.15, 0.2) is 24.3 Å². The molecule has 0 spiro atoms. The Morgan fingerprint density at radius 2 is 0.554 bits per heavy atom. The lowest BCUT2D eigenvalue weighted by molar-refractivity contribution is -0.161. The lowest BCUT2D eigenvalue weighted by Crippen LogP contribution is -2.30. The van der Waals surface area contributed by atoms with Gasteiger partial charge in [-0.2, -0.15) is 0 Å². The zero-order valence-corrected chi connectivity index (χ0v) is 67.6. The number of rotatable bonds is 78. The molecule has 17 nitrogen and oxygen atoms in total. The maximum absolute atomic E-state index is 13.1. The number of hydrogen-bond acceptors (Lipinski definition) is 15. The molecule has 0 aromatic heterocycles. The van der Waals surface area contributed by atoms with Gasteiger partial charge in [-0.15, -0.1) is 0 Å². The zero-order chi connectivity index (χ0) is 74.4. The molecule has 0 aliphatic heterocycles. The van der Waals surface area contributed by atoms with Crippen LogP contribution in [0.3, 0.4) is 0 Å². The molecule has 0 radical (unpaired) electrons. The predicted octanol–water partition coefficient (Wildman–Crippen LogP) is 24.1. The summed E-state index contributed by atoms with van der Waals surface area (Å²) in [6.45, 7) is 11.9. The van der Waals surface area contributed by atoms with E-state index in [2.05, 4.69) is 72.8 Å². The first-order valence-electron chi connectivity index (χ1n) is 41.8. The van der Waals surface area contributed by atoms with Crippen LogP contribution in [0.4, 0.5) is 0 Å². The van der Waals surface area contributed by atoms with E-state index in [1.165, 1.54) is 193 Å². The van der Waals surface area contributed by atoms with E-state index in [4.69, 9.17) is 37.0 Å². The van der Waals surface area contributed by atoms with E-state index in [1.54, 1.807) is 0 Å². The van der Waals surface area contributed by atoms with E-state index >= 15 is 0 Å². The number of unbranched alkanes of at least 4 members (excludes halogenated alkanes) is 40. The highest BCUT2D eigenvalue weighted by molar-refractivity contribution is 7.47. The standard InChI is InChI=1S/C82H156O17P2/c1-8-12-13-14-15-16-17-18-23-27-30-37-42-51-58-66-82(87)99-78(70-93-80(85)64-57-50-45-44-48-55-62-75(7)11-4)72-97-101(90,91)95-68-76(83)67-94-100(88,89)96-71-77(69-92-79(84)63-56-49-41-36-33-32-35-40-47-54-61-74(6)10-3)98-81(86)65-59-52-43-38-31-28-25-22-20-19-21-24-26-29-34-39-46-53-60-73(5)9-2/h16-18,23,73-78,83H,8-15,19-22,24-72H2,1-7H3,(H,88,89)(H,90,91)/b17-16-,23-18-/t73?,74?,75?,76-,77-,78-/m1/s1. The number of aliphatic hydroxyl groups is 1. The van der Waals surface area contributed by atoms with Gasteiger partial charge in [0, 0.05) is 25.7 Å². The lowest BCUT2D eigenvalue weighted by Gasteiger charge is -2.21. The van der Waals surface area contributed by atoms with Gasteiger partial charge in [-0.1, -0.05) is 349 Å². The Balaban J connectivity index is 5.25. The molecule has 0 saturated heterocycles. The van der Waals surface area contributed by atoms with Crippen LogP contribution in [0.5, 0.6) is 0 Å². The Hall–Kier alpha value is -2.46. The fourth-order valence-corrected chi connectivity index (χ4v) is 13.6. The van der Waals surface area contributed by atoms with Crippen LogP contribution in [0, 0.1) is 17.8 Å². The molecule has 3 N–H and O–H groups in total. The highest BCUT2D eigenvalue weighted by Gasteiger charge is 2.30. The second kappa shape index (κ2) is 71.8. The number of phosphoric acid groups is 2. The number of carbonyl (C=O) groups is 4. The van der Waals surface area contributed by atoms with E-state index in [0.29, 0.717) is 25.7 Å². The van der Waals surface area contributed by atoms with Gasteiger partial charge in [0.15, 0.2) is 12.2 Å². The highest BCUT2D eigenvalue weighted by Crippen LogP contribution is 2.45. The van der Waals surface area contributed by atoms with Crippen LogP contribution in [-0.2, 0) is 65.4 Å².